The first-order valence-corrected chi connectivity index (χ1v) is 8.66. The lowest BCUT2D eigenvalue weighted by Gasteiger charge is -2.30. The Bertz CT molecular complexity index is 710. The molecule has 1 saturated carbocycles. The number of methoxy groups -OCH3 is 1. The van der Waals surface area contributed by atoms with Crippen LogP contribution in [0.4, 0.5) is 0 Å². The minimum atomic E-state index is -0.00387. The minimum Gasteiger partial charge on any atom is -0.497 e. The summed E-state index contributed by atoms with van der Waals surface area (Å²) in [6, 6.07) is 15.3. The third-order valence-corrected chi connectivity index (χ3v) is 5.00. The molecule has 2 aromatic carbocycles. The van der Waals surface area contributed by atoms with Crippen LogP contribution in [0, 0.1) is 5.92 Å². The maximum Gasteiger partial charge on any atom is 0.255 e. The van der Waals surface area contributed by atoms with Crippen molar-refractivity contribution in [1.29, 1.82) is 0 Å². The number of ether oxygens (including phenoxy) is 1. The molecule has 0 N–H and O–H groups in total. The lowest BCUT2D eigenvalue weighted by molar-refractivity contribution is 0.0654. The predicted octanol–water partition coefficient (Wildman–Crippen LogP) is 4.79. The van der Waals surface area contributed by atoms with E-state index < -0.39 is 0 Å². The number of hydrogen-bond donors (Lipinski definition) is 0. The van der Waals surface area contributed by atoms with Crippen LogP contribution < -0.4 is 4.74 Å². The van der Waals surface area contributed by atoms with Crippen molar-refractivity contribution < 1.29 is 9.53 Å². The topological polar surface area (TPSA) is 29.5 Å². The second-order valence-electron chi connectivity index (χ2n) is 6.34. The highest BCUT2D eigenvalue weighted by Crippen LogP contribution is 2.36. The van der Waals surface area contributed by atoms with E-state index in [0.717, 1.165) is 11.3 Å². The summed E-state index contributed by atoms with van der Waals surface area (Å²) < 4.78 is 5.20. The summed E-state index contributed by atoms with van der Waals surface area (Å²) >= 11 is 6.24. The summed E-state index contributed by atoms with van der Waals surface area (Å²) in [5.74, 6) is 1.41. The highest BCUT2D eigenvalue weighted by molar-refractivity contribution is 6.33. The molecule has 4 heteroatoms. The monoisotopic (exact) mass is 343 g/mol. The van der Waals surface area contributed by atoms with Gasteiger partial charge >= 0.3 is 0 Å². The highest BCUT2D eigenvalue weighted by Gasteiger charge is 2.35. The number of nitrogens with zero attached hydrogens (tertiary/aromatic N) is 1. The van der Waals surface area contributed by atoms with E-state index >= 15 is 0 Å². The molecule has 0 unspecified atom stereocenters. The molecule has 24 heavy (non-hydrogen) atoms. The molecule has 1 atom stereocenters. The van der Waals surface area contributed by atoms with Crippen LogP contribution in [0.3, 0.4) is 0 Å². The Morgan fingerprint density at radius 1 is 1.21 bits per heavy atom. The molecule has 126 valence electrons. The van der Waals surface area contributed by atoms with Crippen LogP contribution in [-0.2, 0) is 6.54 Å². The van der Waals surface area contributed by atoms with Crippen molar-refractivity contribution in [1.82, 2.24) is 4.90 Å². The van der Waals surface area contributed by atoms with Crippen LogP contribution in [-0.4, -0.2) is 24.0 Å². The van der Waals surface area contributed by atoms with Crippen LogP contribution in [0.2, 0.25) is 5.02 Å². The SMILES string of the molecule is COc1ccc(CN(C(=O)c2ccccc2Cl)[C@@H](C)C2CC2)cc1. The minimum absolute atomic E-state index is 0.00387. The van der Waals surface area contributed by atoms with Crippen molar-refractivity contribution in [3.63, 3.8) is 0 Å². The van der Waals surface area contributed by atoms with E-state index in [2.05, 4.69) is 6.92 Å². The molecular formula is C20H22ClNO2. The Labute approximate surface area is 148 Å². The molecule has 0 radical (unpaired) electrons. The van der Waals surface area contributed by atoms with Crippen LogP contribution in [0.15, 0.2) is 48.5 Å². The fourth-order valence-corrected chi connectivity index (χ4v) is 3.17. The van der Waals surface area contributed by atoms with Crippen molar-refractivity contribution in [2.45, 2.75) is 32.4 Å². The Kier molecular flexibility index (Phi) is 5.10. The van der Waals surface area contributed by atoms with Gasteiger partial charge in [-0.1, -0.05) is 35.9 Å². The molecule has 0 heterocycles. The van der Waals surface area contributed by atoms with Gasteiger partial charge in [0, 0.05) is 12.6 Å². The third kappa shape index (κ3) is 3.73. The van der Waals surface area contributed by atoms with Crippen molar-refractivity contribution in [2.24, 2.45) is 5.92 Å². The maximum absolute atomic E-state index is 13.1. The maximum atomic E-state index is 13.1. The first-order valence-electron chi connectivity index (χ1n) is 8.28. The van der Waals surface area contributed by atoms with Gasteiger partial charge in [-0.3, -0.25) is 4.79 Å². The summed E-state index contributed by atoms with van der Waals surface area (Å²) in [5, 5.41) is 0.505. The zero-order chi connectivity index (χ0) is 17.1. The molecule has 0 aromatic heterocycles. The van der Waals surface area contributed by atoms with Crippen molar-refractivity contribution in [3.05, 3.63) is 64.7 Å². The first-order chi connectivity index (χ1) is 11.6. The smallest absolute Gasteiger partial charge is 0.255 e. The van der Waals surface area contributed by atoms with Crippen LogP contribution in [0.25, 0.3) is 0 Å². The van der Waals surface area contributed by atoms with E-state index in [0.29, 0.717) is 23.0 Å². The average molecular weight is 344 g/mol. The van der Waals surface area contributed by atoms with Crippen molar-refractivity contribution >= 4 is 17.5 Å². The molecule has 2 aromatic rings. The van der Waals surface area contributed by atoms with E-state index in [1.54, 1.807) is 19.2 Å². The molecule has 0 aliphatic heterocycles. The lowest BCUT2D eigenvalue weighted by atomic mass is 10.1. The summed E-state index contributed by atoms with van der Waals surface area (Å²) in [6.07, 6.45) is 2.38. The zero-order valence-corrected chi connectivity index (χ0v) is 14.8. The van der Waals surface area contributed by atoms with Gasteiger partial charge in [0.15, 0.2) is 0 Å². The Hall–Kier alpha value is -2.00. The first kappa shape index (κ1) is 16.8. The second-order valence-corrected chi connectivity index (χ2v) is 6.75. The molecule has 1 fully saturated rings. The number of carbonyl (C=O) groups is 1. The number of carbonyl (C=O) groups excluding carboxylic acids is 1. The van der Waals surface area contributed by atoms with E-state index in [-0.39, 0.29) is 11.9 Å². The summed E-state index contributed by atoms with van der Waals surface area (Å²) in [5.41, 5.74) is 1.66. The van der Waals surface area contributed by atoms with Gasteiger partial charge in [0.25, 0.3) is 5.91 Å². The summed E-state index contributed by atoms with van der Waals surface area (Å²) in [4.78, 5) is 15.0. The van der Waals surface area contributed by atoms with Crippen LogP contribution in [0.1, 0.15) is 35.7 Å². The molecule has 1 amide bonds. The van der Waals surface area contributed by atoms with E-state index in [9.17, 15) is 4.79 Å². The zero-order valence-electron chi connectivity index (χ0n) is 14.0. The van der Waals surface area contributed by atoms with E-state index in [1.807, 2.05) is 41.3 Å². The molecule has 0 spiro atoms. The standard InChI is InChI=1S/C20H22ClNO2/c1-14(16-9-10-16)22(13-15-7-11-17(24-2)12-8-15)20(23)18-5-3-4-6-19(18)21/h3-8,11-12,14,16H,9-10,13H2,1-2H3/t14-/m0/s1. The molecule has 3 rings (SSSR count). The van der Waals surface area contributed by atoms with Crippen LogP contribution in [0.5, 0.6) is 5.75 Å². The van der Waals surface area contributed by atoms with Gasteiger partial charge < -0.3 is 9.64 Å². The van der Waals surface area contributed by atoms with Crippen molar-refractivity contribution in [3.8, 4) is 5.75 Å². The second kappa shape index (κ2) is 7.27. The van der Waals surface area contributed by atoms with Gasteiger partial charge in [-0.05, 0) is 55.5 Å². The van der Waals surface area contributed by atoms with Crippen molar-refractivity contribution in [2.75, 3.05) is 7.11 Å². The van der Waals surface area contributed by atoms with Crippen LogP contribution >= 0.6 is 11.6 Å². The summed E-state index contributed by atoms with van der Waals surface area (Å²) in [7, 11) is 1.65. The largest absolute Gasteiger partial charge is 0.497 e. The number of benzene rings is 2. The number of hydrogen-bond acceptors (Lipinski definition) is 2. The molecule has 0 saturated heterocycles. The highest BCUT2D eigenvalue weighted by atomic mass is 35.5. The third-order valence-electron chi connectivity index (χ3n) is 4.67. The molecule has 0 bridgehead atoms. The summed E-state index contributed by atoms with van der Waals surface area (Å²) in [6.45, 7) is 2.71. The fourth-order valence-electron chi connectivity index (χ4n) is 2.95. The van der Waals surface area contributed by atoms with Gasteiger partial charge in [0.2, 0.25) is 0 Å². The van der Waals surface area contributed by atoms with Gasteiger partial charge in [-0.15, -0.1) is 0 Å². The molecule has 1 aliphatic rings. The quantitative estimate of drug-likeness (QED) is 0.754. The van der Waals surface area contributed by atoms with Gasteiger partial charge in [0.05, 0.1) is 17.7 Å². The molecular weight excluding hydrogens is 322 g/mol. The van der Waals surface area contributed by atoms with Gasteiger partial charge in [-0.2, -0.15) is 0 Å². The van der Waals surface area contributed by atoms with Gasteiger partial charge in [0.1, 0.15) is 5.75 Å². The number of halogens is 1. The lowest BCUT2D eigenvalue weighted by Crippen LogP contribution is -2.39. The van der Waals surface area contributed by atoms with Gasteiger partial charge in [-0.25, -0.2) is 0 Å². The van der Waals surface area contributed by atoms with E-state index in [4.69, 9.17) is 16.3 Å². The fraction of sp³-hybridized carbons (Fsp3) is 0.350. The Morgan fingerprint density at radius 3 is 2.46 bits per heavy atom. The predicted molar refractivity (Wildman–Crippen MR) is 96.5 cm³/mol. The average Bonchev–Trinajstić information content (AvgIpc) is 3.44. The Morgan fingerprint density at radius 2 is 1.88 bits per heavy atom. The Balaban J connectivity index is 1.85. The van der Waals surface area contributed by atoms with E-state index in [1.165, 1.54) is 12.8 Å². The molecule has 3 nitrogen and oxygen atoms in total. The normalized spacial score (nSPS) is 15.0. The molecule has 1 aliphatic carbocycles. The number of rotatable bonds is 6. The number of amides is 1.